The van der Waals surface area contributed by atoms with Gasteiger partial charge in [-0.2, -0.15) is 0 Å². The number of carbonyl (C=O) groups excluding carboxylic acids is 3. The van der Waals surface area contributed by atoms with Crippen molar-refractivity contribution in [3.8, 4) is 0 Å². The smallest absolute Gasteiger partial charge is 0.320 e. The van der Waals surface area contributed by atoms with Crippen LogP contribution < -0.4 is 0 Å². The standard InChI is InChI=1S/C19H24O4/c1-10(2)6-7-12-11(3)14(21)15-16-18(12,4)9-8-13(20)19(16,5)17(22)23-15/h15-16H,1,6-9H2,2-5H3/t15-,16-,18-,19+/m1/s1. The van der Waals surface area contributed by atoms with E-state index < -0.39 is 17.5 Å². The van der Waals surface area contributed by atoms with Crippen molar-refractivity contribution < 1.29 is 19.1 Å². The molecule has 4 nitrogen and oxygen atoms in total. The first-order valence-corrected chi connectivity index (χ1v) is 8.27. The summed E-state index contributed by atoms with van der Waals surface area (Å²) in [5.41, 5.74) is 1.34. The van der Waals surface area contributed by atoms with Gasteiger partial charge in [-0.05, 0) is 51.0 Å². The Hall–Kier alpha value is -1.71. The molecule has 0 aromatic heterocycles. The number of ether oxygens (including phenoxy) is 1. The molecule has 4 atom stereocenters. The van der Waals surface area contributed by atoms with Crippen LogP contribution in [0.3, 0.4) is 0 Å². The zero-order chi connectivity index (χ0) is 17.2. The molecule has 0 amide bonds. The van der Waals surface area contributed by atoms with Gasteiger partial charge in [0.15, 0.2) is 11.9 Å². The zero-order valence-electron chi connectivity index (χ0n) is 14.3. The lowest BCUT2D eigenvalue weighted by atomic mass is 9.49. The fourth-order valence-electron chi connectivity index (χ4n) is 4.93. The molecule has 2 fully saturated rings. The third-order valence-electron chi connectivity index (χ3n) is 6.29. The first kappa shape index (κ1) is 16.2. The molecule has 124 valence electrons. The maximum Gasteiger partial charge on any atom is 0.320 e. The minimum atomic E-state index is -1.18. The normalized spacial score (nSPS) is 39.4. The summed E-state index contributed by atoms with van der Waals surface area (Å²) in [6.45, 7) is 11.5. The number of carbonyl (C=O) groups is 3. The van der Waals surface area contributed by atoms with Crippen molar-refractivity contribution >= 4 is 17.5 Å². The minimum absolute atomic E-state index is 0.0842. The summed E-state index contributed by atoms with van der Waals surface area (Å²) in [7, 11) is 0. The lowest BCUT2D eigenvalue weighted by Crippen LogP contribution is -2.56. The molecule has 1 saturated carbocycles. The van der Waals surface area contributed by atoms with E-state index in [0.717, 1.165) is 24.0 Å². The van der Waals surface area contributed by atoms with Gasteiger partial charge >= 0.3 is 5.97 Å². The van der Waals surface area contributed by atoms with Gasteiger partial charge in [0.2, 0.25) is 0 Å². The molecule has 1 aliphatic heterocycles. The highest BCUT2D eigenvalue weighted by atomic mass is 16.6. The second-order valence-electron chi connectivity index (χ2n) is 7.77. The quantitative estimate of drug-likeness (QED) is 0.456. The van der Waals surface area contributed by atoms with E-state index in [1.807, 2.05) is 13.8 Å². The van der Waals surface area contributed by atoms with Gasteiger partial charge in [-0.3, -0.25) is 14.4 Å². The number of hydrogen-bond donors (Lipinski definition) is 0. The van der Waals surface area contributed by atoms with Crippen LogP contribution >= 0.6 is 0 Å². The molecule has 4 heteroatoms. The first-order chi connectivity index (χ1) is 10.6. The summed E-state index contributed by atoms with van der Waals surface area (Å²) < 4.78 is 5.41. The number of esters is 1. The van der Waals surface area contributed by atoms with Crippen molar-refractivity contribution in [3.63, 3.8) is 0 Å². The van der Waals surface area contributed by atoms with Crippen LogP contribution in [0.4, 0.5) is 0 Å². The number of ketones is 2. The highest BCUT2D eigenvalue weighted by Gasteiger charge is 2.70. The highest BCUT2D eigenvalue weighted by molar-refractivity contribution is 6.11. The van der Waals surface area contributed by atoms with Gasteiger partial charge in [0.1, 0.15) is 11.2 Å². The molecule has 0 aromatic carbocycles. The van der Waals surface area contributed by atoms with Crippen LogP contribution in [0.25, 0.3) is 0 Å². The fourth-order valence-corrected chi connectivity index (χ4v) is 4.93. The second kappa shape index (κ2) is 4.89. The Morgan fingerprint density at radius 3 is 2.57 bits per heavy atom. The number of allylic oxidation sites excluding steroid dienone is 2. The summed E-state index contributed by atoms with van der Waals surface area (Å²) in [6, 6.07) is 0. The molecule has 0 N–H and O–H groups in total. The van der Waals surface area contributed by atoms with Crippen molar-refractivity contribution in [2.45, 2.75) is 59.5 Å². The SMILES string of the molecule is C=C(C)CCC1=C(C)C(=O)[C@H]2OC(=O)[C@@]3(C)C(=O)CC[C@@]1(C)[C@@H]23. The van der Waals surface area contributed by atoms with E-state index in [4.69, 9.17) is 4.74 Å². The number of rotatable bonds is 3. The molecule has 0 bridgehead atoms. The van der Waals surface area contributed by atoms with Gasteiger partial charge in [0, 0.05) is 12.3 Å². The maximum absolute atomic E-state index is 12.8. The predicted molar refractivity (Wildman–Crippen MR) is 85.6 cm³/mol. The average molecular weight is 316 g/mol. The summed E-state index contributed by atoms with van der Waals surface area (Å²) in [4.78, 5) is 37.7. The van der Waals surface area contributed by atoms with Crippen LogP contribution in [0.15, 0.2) is 23.3 Å². The molecule has 0 aromatic rings. The summed E-state index contributed by atoms with van der Waals surface area (Å²) in [5.74, 6) is -1.11. The zero-order valence-corrected chi connectivity index (χ0v) is 14.3. The van der Waals surface area contributed by atoms with E-state index in [1.54, 1.807) is 6.92 Å². The first-order valence-electron chi connectivity index (χ1n) is 8.27. The van der Waals surface area contributed by atoms with Gasteiger partial charge in [-0.15, -0.1) is 6.58 Å². The van der Waals surface area contributed by atoms with Gasteiger partial charge in [0.05, 0.1) is 0 Å². The van der Waals surface area contributed by atoms with E-state index in [1.165, 1.54) is 0 Å². The van der Waals surface area contributed by atoms with Crippen molar-refractivity contribution in [2.24, 2.45) is 16.7 Å². The molecule has 1 saturated heterocycles. The van der Waals surface area contributed by atoms with E-state index in [2.05, 4.69) is 13.5 Å². The third-order valence-corrected chi connectivity index (χ3v) is 6.29. The van der Waals surface area contributed by atoms with Crippen LogP contribution in [-0.2, 0) is 19.1 Å². The lowest BCUT2D eigenvalue weighted by molar-refractivity contribution is -0.155. The third kappa shape index (κ3) is 1.93. The van der Waals surface area contributed by atoms with Crippen molar-refractivity contribution in [1.82, 2.24) is 0 Å². The Kier molecular flexibility index (Phi) is 3.44. The molecule has 3 rings (SSSR count). The van der Waals surface area contributed by atoms with Crippen LogP contribution in [-0.4, -0.2) is 23.6 Å². The molecule has 0 spiro atoms. The average Bonchev–Trinajstić information content (AvgIpc) is 2.76. The van der Waals surface area contributed by atoms with Crippen LogP contribution in [0, 0.1) is 16.7 Å². The molecule has 3 aliphatic rings. The van der Waals surface area contributed by atoms with E-state index in [-0.39, 0.29) is 22.9 Å². The van der Waals surface area contributed by atoms with Crippen LogP contribution in [0.1, 0.15) is 53.4 Å². The largest absolute Gasteiger partial charge is 0.453 e. The summed E-state index contributed by atoms with van der Waals surface area (Å²) in [6.07, 6.45) is 1.81. The molecule has 0 unspecified atom stereocenters. The van der Waals surface area contributed by atoms with E-state index in [0.29, 0.717) is 18.4 Å². The Balaban J connectivity index is 2.15. The van der Waals surface area contributed by atoms with Crippen molar-refractivity contribution in [2.75, 3.05) is 0 Å². The molecule has 23 heavy (non-hydrogen) atoms. The van der Waals surface area contributed by atoms with Crippen LogP contribution in [0.5, 0.6) is 0 Å². The van der Waals surface area contributed by atoms with Crippen LogP contribution in [0.2, 0.25) is 0 Å². The second-order valence-corrected chi connectivity index (χ2v) is 7.77. The lowest BCUT2D eigenvalue weighted by Gasteiger charge is -2.50. The monoisotopic (exact) mass is 316 g/mol. The molecular formula is C19H24O4. The van der Waals surface area contributed by atoms with Gasteiger partial charge < -0.3 is 4.74 Å². The van der Waals surface area contributed by atoms with Crippen molar-refractivity contribution in [3.05, 3.63) is 23.3 Å². The van der Waals surface area contributed by atoms with Gasteiger partial charge in [0.25, 0.3) is 0 Å². The molecule has 1 heterocycles. The minimum Gasteiger partial charge on any atom is -0.453 e. The highest BCUT2D eigenvalue weighted by Crippen LogP contribution is 2.62. The summed E-state index contributed by atoms with van der Waals surface area (Å²) >= 11 is 0. The Bertz CT molecular complexity index is 671. The van der Waals surface area contributed by atoms with Gasteiger partial charge in [-0.1, -0.05) is 18.1 Å². The Morgan fingerprint density at radius 1 is 1.30 bits per heavy atom. The topological polar surface area (TPSA) is 60.4 Å². The summed E-state index contributed by atoms with van der Waals surface area (Å²) in [5, 5.41) is 0. The number of Topliss-reactive ketones (excluding diaryl/α,β-unsaturated/α-hetero) is 2. The van der Waals surface area contributed by atoms with Gasteiger partial charge in [-0.25, -0.2) is 0 Å². The molecule has 0 radical (unpaired) electrons. The Labute approximate surface area is 137 Å². The molecule has 2 aliphatic carbocycles. The predicted octanol–water partition coefficient (Wildman–Crippen LogP) is 3.16. The molecular weight excluding hydrogens is 292 g/mol. The fraction of sp³-hybridized carbons (Fsp3) is 0.632. The Morgan fingerprint density at radius 2 is 1.96 bits per heavy atom. The number of hydrogen-bond acceptors (Lipinski definition) is 4. The maximum atomic E-state index is 12.8. The van der Waals surface area contributed by atoms with E-state index in [9.17, 15) is 14.4 Å². The van der Waals surface area contributed by atoms with Crippen molar-refractivity contribution in [1.29, 1.82) is 0 Å². The van der Waals surface area contributed by atoms with E-state index >= 15 is 0 Å².